The van der Waals surface area contributed by atoms with Gasteiger partial charge in [-0.3, -0.25) is 8.97 Å². The molecule has 0 fully saturated rings. The number of nitrogens with zero attached hydrogens (tertiary/aromatic N) is 3. The van der Waals surface area contributed by atoms with Crippen LogP contribution in [0.15, 0.2) is 42.6 Å². The summed E-state index contributed by atoms with van der Waals surface area (Å²) in [7, 11) is 0. The van der Waals surface area contributed by atoms with E-state index in [2.05, 4.69) is 47.9 Å². The number of imidazole rings is 1. The Bertz CT molecular complexity index is 1000. The van der Waals surface area contributed by atoms with Gasteiger partial charge >= 0.3 is 0 Å². The maximum absolute atomic E-state index is 6.34. The zero-order valence-corrected chi connectivity index (χ0v) is 13.0. The number of fused-ring (bicyclic) bond motifs is 3. The van der Waals surface area contributed by atoms with Crippen molar-refractivity contribution in [2.45, 2.75) is 20.8 Å². The van der Waals surface area contributed by atoms with Gasteiger partial charge < -0.3 is 5.73 Å². The van der Waals surface area contributed by atoms with Crippen molar-refractivity contribution in [3.63, 3.8) is 0 Å². The quantitative estimate of drug-likeness (QED) is 0.580. The minimum Gasteiger partial charge on any atom is -0.395 e. The lowest BCUT2D eigenvalue weighted by Crippen LogP contribution is -2.04. The number of rotatable bonds is 1. The van der Waals surface area contributed by atoms with Crippen LogP contribution in [0, 0.1) is 20.8 Å². The standard InChI is InChI=1S/C18H18N4/c1-11-7-6-8-12(2)17(11)22-13(3)15(19)16-18(22)21-10-5-4-9-14(21)20-16/h4-10H,19H2,1-3H3. The molecule has 0 aliphatic rings. The molecule has 22 heavy (non-hydrogen) atoms. The summed E-state index contributed by atoms with van der Waals surface area (Å²) in [5.74, 6) is 0. The summed E-state index contributed by atoms with van der Waals surface area (Å²) in [6.45, 7) is 6.32. The van der Waals surface area contributed by atoms with E-state index in [1.54, 1.807) is 0 Å². The van der Waals surface area contributed by atoms with Gasteiger partial charge in [0.2, 0.25) is 0 Å². The SMILES string of the molecule is Cc1cccc(C)c1-n1c(C)c(N)c2nc3ccccn3c21. The van der Waals surface area contributed by atoms with Crippen LogP contribution in [0.5, 0.6) is 0 Å². The first-order chi connectivity index (χ1) is 10.6. The lowest BCUT2D eigenvalue weighted by Gasteiger charge is -2.14. The molecule has 0 unspecified atom stereocenters. The van der Waals surface area contributed by atoms with Crippen molar-refractivity contribution >= 4 is 22.5 Å². The van der Waals surface area contributed by atoms with Gasteiger partial charge in [-0.25, -0.2) is 4.98 Å². The molecule has 0 bridgehead atoms. The Labute approximate surface area is 128 Å². The normalized spacial score (nSPS) is 11.6. The largest absolute Gasteiger partial charge is 0.395 e. The first kappa shape index (κ1) is 13.0. The third kappa shape index (κ3) is 1.55. The summed E-state index contributed by atoms with van der Waals surface area (Å²) in [5, 5.41) is 0. The highest BCUT2D eigenvalue weighted by Crippen LogP contribution is 2.33. The fraction of sp³-hybridized carbons (Fsp3) is 0.167. The molecule has 0 saturated heterocycles. The first-order valence-corrected chi connectivity index (χ1v) is 7.39. The van der Waals surface area contributed by atoms with Gasteiger partial charge in [-0.05, 0) is 44.0 Å². The third-order valence-corrected chi connectivity index (χ3v) is 4.36. The van der Waals surface area contributed by atoms with Gasteiger partial charge in [-0.1, -0.05) is 24.3 Å². The van der Waals surface area contributed by atoms with Crippen LogP contribution in [0.25, 0.3) is 22.5 Å². The van der Waals surface area contributed by atoms with Crippen LogP contribution >= 0.6 is 0 Å². The Hall–Kier alpha value is -2.75. The van der Waals surface area contributed by atoms with E-state index in [1.165, 1.54) is 16.8 Å². The number of anilines is 1. The van der Waals surface area contributed by atoms with Gasteiger partial charge in [0.05, 0.1) is 11.4 Å². The van der Waals surface area contributed by atoms with Crippen molar-refractivity contribution in [2.24, 2.45) is 0 Å². The number of aryl methyl sites for hydroxylation is 2. The Kier molecular flexibility index (Phi) is 2.57. The lowest BCUT2D eigenvalue weighted by molar-refractivity contribution is 0.988. The summed E-state index contributed by atoms with van der Waals surface area (Å²) < 4.78 is 4.33. The molecule has 3 aromatic heterocycles. The second-order valence-corrected chi connectivity index (χ2v) is 5.79. The van der Waals surface area contributed by atoms with Crippen molar-refractivity contribution in [1.29, 1.82) is 0 Å². The molecule has 0 radical (unpaired) electrons. The second kappa shape index (κ2) is 4.37. The van der Waals surface area contributed by atoms with Crippen molar-refractivity contribution in [2.75, 3.05) is 5.73 Å². The third-order valence-electron chi connectivity index (χ3n) is 4.36. The average molecular weight is 290 g/mol. The monoisotopic (exact) mass is 290 g/mol. The summed E-state index contributed by atoms with van der Waals surface area (Å²) in [4.78, 5) is 4.70. The summed E-state index contributed by atoms with van der Waals surface area (Å²) in [6.07, 6.45) is 2.04. The number of para-hydroxylation sites is 1. The number of pyridine rings is 1. The zero-order valence-electron chi connectivity index (χ0n) is 13.0. The highest BCUT2D eigenvalue weighted by atomic mass is 15.2. The minimum absolute atomic E-state index is 0.751. The van der Waals surface area contributed by atoms with Crippen LogP contribution in [0.1, 0.15) is 16.8 Å². The Balaban J connectivity index is 2.24. The number of aromatic nitrogens is 3. The molecule has 0 spiro atoms. The highest BCUT2D eigenvalue weighted by molar-refractivity contribution is 5.93. The molecule has 4 rings (SSSR count). The molecule has 0 aliphatic carbocycles. The topological polar surface area (TPSA) is 48.2 Å². The fourth-order valence-corrected chi connectivity index (χ4v) is 3.26. The molecule has 2 N–H and O–H groups in total. The van der Waals surface area contributed by atoms with E-state index in [4.69, 9.17) is 10.7 Å². The van der Waals surface area contributed by atoms with Crippen molar-refractivity contribution in [3.05, 3.63) is 59.4 Å². The van der Waals surface area contributed by atoms with Crippen molar-refractivity contribution in [1.82, 2.24) is 14.0 Å². The molecule has 0 aliphatic heterocycles. The van der Waals surface area contributed by atoms with Gasteiger partial charge in [0.15, 0.2) is 5.65 Å². The molecule has 4 nitrogen and oxygen atoms in total. The van der Waals surface area contributed by atoms with E-state index < -0.39 is 0 Å². The maximum Gasteiger partial charge on any atom is 0.152 e. The molecule has 110 valence electrons. The molecule has 0 atom stereocenters. The predicted octanol–water partition coefficient (Wildman–Crippen LogP) is 3.79. The van der Waals surface area contributed by atoms with Crippen LogP contribution in [0.2, 0.25) is 0 Å². The number of nitrogen functional groups attached to an aromatic ring is 1. The van der Waals surface area contributed by atoms with E-state index >= 15 is 0 Å². The van der Waals surface area contributed by atoms with E-state index in [0.29, 0.717) is 0 Å². The fourth-order valence-electron chi connectivity index (χ4n) is 3.26. The zero-order chi connectivity index (χ0) is 15.4. The van der Waals surface area contributed by atoms with Crippen LogP contribution in [-0.2, 0) is 0 Å². The summed E-state index contributed by atoms with van der Waals surface area (Å²) >= 11 is 0. The van der Waals surface area contributed by atoms with Crippen LogP contribution < -0.4 is 5.73 Å². The molecule has 0 amide bonds. The highest BCUT2D eigenvalue weighted by Gasteiger charge is 2.20. The van der Waals surface area contributed by atoms with Crippen molar-refractivity contribution in [3.8, 4) is 5.69 Å². The van der Waals surface area contributed by atoms with Crippen LogP contribution in [-0.4, -0.2) is 14.0 Å². The lowest BCUT2D eigenvalue weighted by atomic mass is 10.1. The predicted molar refractivity (Wildman–Crippen MR) is 90.6 cm³/mol. The number of benzene rings is 1. The smallest absolute Gasteiger partial charge is 0.152 e. The number of hydrogen-bond donors (Lipinski definition) is 1. The van der Waals surface area contributed by atoms with E-state index in [9.17, 15) is 0 Å². The minimum atomic E-state index is 0.751. The van der Waals surface area contributed by atoms with Gasteiger partial charge in [-0.2, -0.15) is 0 Å². The van der Waals surface area contributed by atoms with Crippen molar-refractivity contribution < 1.29 is 0 Å². The first-order valence-electron chi connectivity index (χ1n) is 7.39. The summed E-state index contributed by atoms with van der Waals surface area (Å²) in [5.41, 5.74) is 14.6. The number of nitrogens with two attached hydrogens (primary N) is 1. The van der Waals surface area contributed by atoms with E-state index in [-0.39, 0.29) is 0 Å². The van der Waals surface area contributed by atoms with Crippen LogP contribution in [0.3, 0.4) is 0 Å². The van der Waals surface area contributed by atoms with E-state index in [1.807, 2.05) is 24.4 Å². The van der Waals surface area contributed by atoms with Gasteiger partial charge in [0.1, 0.15) is 11.2 Å². The molecular formula is C18H18N4. The molecular weight excluding hydrogens is 272 g/mol. The van der Waals surface area contributed by atoms with Gasteiger partial charge in [-0.15, -0.1) is 0 Å². The maximum atomic E-state index is 6.34. The molecule has 4 aromatic rings. The molecule has 1 aromatic carbocycles. The average Bonchev–Trinajstić information content (AvgIpc) is 2.98. The molecule has 4 heteroatoms. The van der Waals surface area contributed by atoms with E-state index in [0.717, 1.165) is 28.2 Å². The second-order valence-electron chi connectivity index (χ2n) is 5.79. The Morgan fingerprint density at radius 3 is 2.41 bits per heavy atom. The van der Waals surface area contributed by atoms with Gasteiger partial charge in [0.25, 0.3) is 0 Å². The van der Waals surface area contributed by atoms with Crippen LogP contribution in [0.4, 0.5) is 5.69 Å². The summed E-state index contributed by atoms with van der Waals surface area (Å²) in [6, 6.07) is 12.4. The molecule has 0 saturated carbocycles. The Morgan fingerprint density at radius 1 is 0.955 bits per heavy atom. The Morgan fingerprint density at radius 2 is 1.68 bits per heavy atom. The molecule has 3 heterocycles. The van der Waals surface area contributed by atoms with Gasteiger partial charge in [0, 0.05) is 11.9 Å². The number of hydrogen-bond acceptors (Lipinski definition) is 2.